The van der Waals surface area contributed by atoms with Crippen molar-refractivity contribution >= 4 is 29.1 Å². The highest BCUT2D eigenvalue weighted by molar-refractivity contribution is 6.34. The fourth-order valence-electron chi connectivity index (χ4n) is 4.96. The molecule has 1 saturated heterocycles. The number of unbranched alkanes of at least 4 members (excludes halogenated alkanes) is 1. The predicted molar refractivity (Wildman–Crippen MR) is 120 cm³/mol. The minimum absolute atomic E-state index is 0.0295. The number of nitrogens with zero attached hydrogens (tertiary/aromatic N) is 1. The zero-order chi connectivity index (χ0) is 21.7. The highest BCUT2D eigenvalue weighted by Gasteiger charge is 2.38. The molecule has 3 rings (SSSR count). The minimum atomic E-state index is -0.230. The molecule has 1 aromatic rings. The van der Waals surface area contributed by atoms with Gasteiger partial charge in [0.2, 0.25) is 5.91 Å². The first-order chi connectivity index (χ1) is 14.4. The molecule has 2 aliphatic rings. The number of benzene rings is 1. The van der Waals surface area contributed by atoms with E-state index in [2.05, 4.69) is 22.5 Å². The van der Waals surface area contributed by atoms with E-state index in [9.17, 15) is 9.59 Å². The lowest BCUT2D eigenvalue weighted by Gasteiger charge is -2.48. The Morgan fingerprint density at radius 2 is 1.97 bits per heavy atom. The van der Waals surface area contributed by atoms with Gasteiger partial charge in [-0.15, -0.1) is 0 Å². The predicted octanol–water partition coefficient (Wildman–Crippen LogP) is 4.82. The Kier molecular flexibility index (Phi) is 8.00. The number of nitrogens with one attached hydrogen (secondary N) is 2. The molecule has 0 radical (unpaired) electrons. The summed E-state index contributed by atoms with van der Waals surface area (Å²) in [6.07, 6.45) is 9.58. The summed E-state index contributed by atoms with van der Waals surface area (Å²) in [6, 6.07) is 3.74. The lowest BCUT2D eigenvalue weighted by atomic mass is 9.77. The monoisotopic (exact) mass is 435 g/mol. The zero-order valence-corrected chi connectivity index (χ0v) is 19.1. The lowest BCUT2D eigenvalue weighted by Crippen LogP contribution is -2.58. The molecule has 0 aromatic heterocycles. The van der Waals surface area contributed by atoms with Crippen LogP contribution in [-0.2, 0) is 4.79 Å². The van der Waals surface area contributed by atoms with Crippen molar-refractivity contribution < 1.29 is 14.3 Å². The molecule has 2 amide bonds. The second kappa shape index (κ2) is 10.5. The smallest absolute Gasteiger partial charge is 0.256 e. The van der Waals surface area contributed by atoms with Crippen molar-refractivity contribution in [3.63, 3.8) is 0 Å². The molecule has 30 heavy (non-hydrogen) atoms. The van der Waals surface area contributed by atoms with E-state index < -0.39 is 0 Å². The first kappa shape index (κ1) is 22.9. The van der Waals surface area contributed by atoms with E-state index in [1.807, 2.05) is 0 Å². The van der Waals surface area contributed by atoms with Gasteiger partial charge in [-0.3, -0.25) is 14.5 Å². The maximum Gasteiger partial charge on any atom is 0.256 e. The standard InChI is InChI=1S/C23H34ClN3O3/c1-4-5-12-27-20-9-7-6-8-16(20)10-11-22(27)26-23(29)17-13-18(24)19(25-15(2)28)14-21(17)30-3/h13-14,16,20,22H,4-12H2,1-3H3,(H,25,28)(H,26,29)/t16-,20+,22?/m1/s1. The fourth-order valence-corrected chi connectivity index (χ4v) is 5.17. The van der Waals surface area contributed by atoms with Gasteiger partial charge in [0.25, 0.3) is 5.91 Å². The van der Waals surface area contributed by atoms with Crippen LogP contribution in [-0.4, -0.2) is 42.6 Å². The van der Waals surface area contributed by atoms with Crippen LogP contribution in [0.5, 0.6) is 5.75 Å². The third kappa shape index (κ3) is 5.27. The number of carbonyl (C=O) groups excluding carboxylic acids is 2. The van der Waals surface area contributed by atoms with E-state index in [1.165, 1.54) is 39.7 Å². The first-order valence-corrected chi connectivity index (χ1v) is 11.5. The van der Waals surface area contributed by atoms with Crippen molar-refractivity contribution in [3.05, 3.63) is 22.7 Å². The number of fused-ring (bicyclic) bond motifs is 1. The first-order valence-electron chi connectivity index (χ1n) is 11.2. The summed E-state index contributed by atoms with van der Waals surface area (Å²) < 4.78 is 5.43. The molecule has 1 saturated carbocycles. The molecule has 0 bridgehead atoms. The van der Waals surface area contributed by atoms with E-state index in [4.69, 9.17) is 16.3 Å². The van der Waals surface area contributed by atoms with Crippen molar-refractivity contribution in [1.82, 2.24) is 10.2 Å². The molecule has 0 spiro atoms. The van der Waals surface area contributed by atoms with Gasteiger partial charge in [-0.1, -0.05) is 37.8 Å². The number of hydrogen-bond acceptors (Lipinski definition) is 4. The molecule has 1 heterocycles. The molecule has 2 fully saturated rings. The van der Waals surface area contributed by atoms with Gasteiger partial charge in [-0.25, -0.2) is 0 Å². The van der Waals surface area contributed by atoms with Crippen molar-refractivity contribution in [3.8, 4) is 5.75 Å². The minimum Gasteiger partial charge on any atom is -0.496 e. The summed E-state index contributed by atoms with van der Waals surface area (Å²) in [7, 11) is 1.51. The number of hydrogen-bond donors (Lipinski definition) is 2. The van der Waals surface area contributed by atoms with Crippen LogP contribution in [0.2, 0.25) is 5.02 Å². The Labute approximate surface area is 184 Å². The number of halogens is 1. The third-order valence-electron chi connectivity index (χ3n) is 6.42. The van der Waals surface area contributed by atoms with Crippen LogP contribution >= 0.6 is 11.6 Å². The van der Waals surface area contributed by atoms with Crippen LogP contribution in [0.25, 0.3) is 0 Å². The van der Waals surface area contributed by atoms with Gasteiger partial charge in [0.05, 0.1) is 29.5 Å². The summed E-state index contributed by atoms with van der Waals surface area (Å²) in [6.45, 7) is 4.64. The van der Waals surface area contributed by atoms with E-state index in [-0.39, 0.29) is 18.0 Å². The molecule has 2 N–H and O–H groups in total. The SMILES string of the molecule is CCCCN1C(NC(=O)c2cc(Cl)c(NC(C)=O)cc2OC)CC[C@H]2CCCC[C@@H]21. The maximum atomic E-state index is 13.2. The second-order valence-electron chi connectivity index (χ2n) is 8.48. The average Bonchev–Trinajstić information content (AvgIpc) is 2.73. The molecule has 1 aliphatic carbocycles. The summed E-state index contributed by atoms with van der Waals surface area (Å²) >= 11 is 6.32. The van der Waals surface area contributed by atoms with Crippen molar-refractivity contribution in [2.45, 2.75) is 77.4 Å². The Hall–Kier alpha value is -1.79. The van der Waals surface area contributed by atoms with Crippen LogP contribution in [0.4, 0.5) is 5.69 Å². The van der Waals surface area contributed by atoms with Crippen LogP contribution in [0.3, 0.4) is 0 Å². The molecule has 6 nitrogen and oxygen atoms in total. The van der Waals surface area contributed by atoms with Crippen molar-refractivity contribution in [2.24, 2.45) is 5.92 Å². The molecule has 1 aliphatic heterocycles. The number of piperidine rings is 1. The zero-order valence-electron chi connectivity index (χ0n) is 18.3. The van der Waals surface area contributed by atoms with Crippen LogP contribution in [0.1, 0.15) is 75.6 Å². The molecule has 1 aromatic carbocycles. The molecule has 3 atom stereocenters. The van der Waals surface area contributed by atoms with Gasteiger partial charge in [-0.05, 0) is 44.1 Å². The van der Waals surface area contributed by atoms with Crippen LogP contribution < -0.4 is 15.4 Å². The van der Waals surface area contributed by atoms with Crippen molar-refractivity contribution in [2.75, 3.05) is 19.0 Å². The van der Waals surface area contributed by atoms with Gasteiger partial charge in [0, 0.05) is 25.6 Å². The average molecular weight is 436 g/mol. The van der Waals surface area contributed by atoms with Gasteiger partial charge in [0.15, 0.2) is 0 Å². The van der Waals surface area contributed by atoms with E-state index in [0.717, 1.165) is 38.1 Å². The number of ether oxygens (including phenoxy) is 1. The molecular weight excluding hydrogens is 402 g/mol. The Balaban J connectivity index is 1.79. The molecular formula is C23H34ClN3O3. The molecule has 166 valence electrons. The number of likely N-dealkylation sites (tertiary alicyclic amines) is 1. The second-order valence-corrected chi connectivity index (χ2v) is 8.89. The molecule has 7 heteroatoms. The number of anilines is 1. The van der Waals surface area contributed by atoms with Crippen LogP contribution in [0.15, 0.2) is 12.1 Å². The summed E-state index contributed by atoms with van der Waals surface area (Å²) in [5.74, 6) is 0.729. The number of carbonyl (C=O) groups is 2. The topological polar surface area (TPSA) is 70.7 Å². The number of rotatable bonds is 7. The Morgan fingerprint density at radius 1 is 1.20 bits per heavy atom. The number of amides is 2. The quantitative estimate of drug-likeness (QED) is 0.644. The normalized spacial score (nSPS) is 24.1. The van der Waals surface area contributed by atoms with Gasteiger partial charge in [-0.2, -0.15) is 0 Å². The lowest BCUT2D eigenvalue weighted by molar-refractivity contribution is -0.114. The summed E-state index contributed by atoms with van der Waals surface area (Å²) in [5, 5.41) is 6.23. The summed E-state index contributed by atoms with van der Waals surface area (Å²) in [5.41, 5.74) is 0.822. The van der Waals surface area contributed by atoms with E-state index in [0.29, 0.717) is 28.1 Å². The van der Waals surface area contributed by atoms with E-state index in [1.54, 1.807) is 12.1 Å². The van der Waals surface area contributed by atoms with Crippen LogP contribution in [0, 0.1) is 5.92 Å². The largest absolute Gasteiger partial charge is 0.496 e. The number of methoxy groups -OCH3 is 1. The summed E-state index contributed by atoms with van der Waals surface area (Å²) in [4.78, 5) is 27.1. The van der Waals surface area contributed by atoms with Gasteiger partial charge >= 0.3 is 0 Å². The van der Waals surface area contributed by atoms with Gasteiger partial charge < -0.3 is 15.4 Å². The van der Waals surface area contributed by atoms with E-state index >= 15 is 0 Å². The van der Waals surface area contributed by atoms with Crippen molar-refractivity contribution in [1.29, 1.82) is 0 Å². The maximum absolute atomic E-state index is 13.2. The fraction of sp³-hybridized carbons (Fsp3) is 0.652. The third-order valence-corrected chi connectivity index (χ3v) is 6.73. The highest BCUT2D eigenvalue weighted by Crippen LogP contribution is 2.38. The Bertz CT molecular complexity index is 770. The Morgan fingerprint density at radius 3 is 2.67 bits per heavy atom. The molecule has 1 unspecified atom stereocenters. The van der Waals surface area contributed by atoms with Gasteiger partial charge in [0.1, 0.15) is 5.75 Å². The highest BCUT2D eigenvalue weighted by atomic mass is 35.5.